The Balaban J connectivity index is 2.17. The molecule has 0 radical (unpaired) electrons. The van der Waals surface area contributed by atoms with Crippen molar-refractivity contribution in [3.05, 3.63) is 35.9 Å². The second-order valence-electron chi connectivity index (χ2n) is 5.50. The third kappa shape index (κ3) is 2.89. The van der Waals surface area contributed by atoms with Gasteiger partial charge in [0.1, 0.15) is 0 Å². The van der Waals surface area contributed by atoms with E-state index >= 15 is 0 Å². The number of benzene rings is 1. The van der Waals surface area contributed by atoms with Crippen molar-refractivity contribution in [2.24, 2.45) is 0 Å². The van der Waals surface area contributed by atoms with Crippen molar-refractivity contribution in [3.8, 4) is 0 Å². The molecule has 2 heteroatoms. The number of likely N-dealkylation sites (N-methyl/N-ethyl adjacent to an activating group) is 1. The fourth-order valence-electron chi connectivity index (χ4n) is 3.51. The Labute approximate surface area is 116 Å². The zero-order chi connectivity index (χ0) is 13.7. The lowest BCUT2D eigenvalue weighted by Crippen LogP contribution is -2.53. The molecule has 2 rings (SSSR count). The molecule has 104 valence electrons. The minimum atomic E-state index is -0.181. The molecule has 0 bridgehead atoms. The molecule has 1 aliphatic carbocycles. The van der Waals surface area contributed by atoms with Gasteiger partial charge in [-0.15, -0.1) is 0 Å². The standard InChI is InChI=1S/C17H25NO/c1-3-18(4-2)17(12-8-9-13-17)16(19)14-15-10-6-5-7-11-15/h5-7,10-11H,3-4,8-9,12-14H2,1-2H3. The van der Waals surface area contributed by atoms with E-state index in [0.717, 1.165) is 31.5 Å². The van der Waals surface area contributed by atoms with Crippen LogP contribution in [0.1, 0.15) is 45.1 Å². The van der Waals surface area contributed by atoms with Gasteiger partial charge in [0.2, 0.25) is 0 Å². The topological polar surface area (TPSA) is 20.3 Å². The molecule has 1 aromatic carbocycles. The van der Waals surface area contributed by atoms with Crippen LogP contribution in [-0.2, 0) is 11.2 Å². The first-order valence-electron chi connectivity index (χ1n) is 7.55. The van der Waals surface area contributed by atoms with Gasteiger partial charge in [-0.25, -0.2) is 0 Å². The van der Waals surface area contributed by atoms with Gasteiger partial charge in [0.05, 0.1) is 5.54 Å². The number of nitrogens with zero attached hydrogens (tertiary/aromatic N) is 1. The van der Waals surface area contributed by atoms with Gasteiger partial charge in [-0.05, 0) is 31.5 Å². The summed E-state index contributed by atoms with van der Waals surface area (Å²) in [5.41, 5.74) is 0.963. The molecule has 0 N–H and O–H groups in total. The van der Waals surface area contributed by atoms with Crippen LogP contribution in [-0.4, -0.2) is 29.3 Å². The second kappa shape index (κ2) is 6.33. The molecule has 1 aromatic rings. The van der Waals surface area contributed by atoms with Crippen molar-refractivity contribution < 1.29 is 4.79 Å². The second-order valence-corrected chi connectivity index (χ2v) is 5.50. The fraction of sp³-hybridized carbons (Fsp3) is 0.588. The van der Waals surface area contributed by atoms with E-state index < -0.39 is 0 Å². The van der Waals surface area contributed by atoms with Crippen molar-refractivity contribution in [2.75, 3.05) is 13.1 Å². The molecule has 0 unspecified atom stereocenters. The van der Waals surface area contributed by atoms with Gasteiger partial charge in [0.15, 0.2) is 5.78 Å². The van der Waals surface area contributed by atoms with Crippen LogP contribution < -0.4 is 0 Å². The van der Waals surface area contributed by atoms with Gasteiger partial charge in [0.25, 0.3) is 0 Å². The van der Waals surface area contributed by atoms with Crippen LogP contribution in [0.25, 0.3) is 0 Å². The molecular formula is C17H25NO. The number of carbonyl (C=O) groups is 1. The third-order valence-corrected chi connectivity index (χ3v) is 4.53. The minimum Gasteiger partial charge on any atom is -0.297 e. The first kappa shape index (κ1) is 14.3. The molecule has 1 fully saturated rings. The summed E-state index contributed by atoms with van der Waals surface area (Å²) in [6.07, 6.45) is 5.05. The van der Waals surface area contributed by atoms with Crippen LogP contribution in [0.5, 0.6) is 0 Å². The Kier molecular flexibility index (Phi) is 4.76. The molecular weight excluding hydrogens is 234 g/mol. The summed E-state index contributed by atoms with van der Waals surface area (Å²) in [5, 5.41) is 0. The van der Waals surface area contributed by atoms with E-state index in [2.05, 4.69) is 30.9 Å². The van der Waals surface area contributed by atoms with Crippen LogP contribution in [0, 0.1) is 0 Å². The lowest BCUT2D eigenvalue weighted by molar-refractivity contribution is -0.130. The lowest BCUT2D eigenvalue weighted by atomic mass is 9.86. The highest BCUT2D eigenvalue weighted by molar-refractivity contribution is 5.90. The fourth-order valence-corrected chi connectivity index (χ4v) is 3.51. The quantitative estimate of drug-likeness (QED) is 0.780. The molecule has 2 nitrogen and oxygen atoms in total. The highest BCUT2D eigenvalue weighted by atomic mass is 16.1. The lowest BCUT2D eigenvalue weighted by Gasteiger charge is -2.39. The minimum absolute atomic E-state index is 0.181. The number of hydrogen-bond donors (Lipinski definition) is 0. The van der Waals surface area contributed by atoms with E-state index in [-0.39, 0.29) is 5.54 Å². The van der Waals surface area contributed by atoms with Crippen molar-refractivity contribution in [1.82, 2.24) is 4.90 Å². The summed E-state index contributed by atoms with van der Waals surface area (Å²) in [6.45, 7) is 6.27. The van der Waals surface area contributed by atoms with E-state index in [1.165, 1.54) is 12.8 Å². The largest absolute Gasteiger partial charge is 0.297 e. The van der Waals surface area contributed by atoms with E-state index in [9.17, 15) is 4.79 Å². The van der Waals surface area contributed by atoms with E-state index in [4.69, 9.17) is 0 Å². The maximum Gasteiger partial charge on any atom is 0.157 e. The van der Waals surface area contributed by atoms with E-state index in [0.29, 0.717) is 12.2 Å². The smallest absolute Gasteiger partial charge is 0.157 e. The molecule has 0 spiro atoms. The summed E-state index contributed by atoms with van der Waals surface area (Å²) < 4.78 is 0. The molecule has 19 heavy (non-hydrogen) atoms. The molecule has 0 saturated heterocycles. The number of Topliss-reactive ketones (excluding diaryl/α,β-unsaturated/α-hetero) is 1. The molecule has 0 amide bonds. The Bertz CT molecular complexity index is 403. The van der Waals surface area contributed by atoms with Crippen LogP contribution >= 0.6 is 0 Å². The van der Waals surface area contributed by atoms with Crippen molar-refractivity contribution in [2.45, 2.75) is 51.5 Å². The average Bonchev–Trinajstić information content (AvgIpc) is 2.92. The van der Waals surface area contributed by atoms with E-state index in [1.54, 1.807) is 0 Å². The van der Waals surface area contributed by atoms with Crippen molar-refractivity contribution in [1.29, 1.82) is 0 Å². The molecule has 0 atom stereocenters. The SMILES string of the molecule is CCN(CC)C1(C(=O)Cc2ccccc2)CCCC1. The molecule has 1 aliphatic rings. The van der Waals surface area contributed by atoms with Crippen LogP contribution in [0.4, 0.5) is 0 Å². The van der Waals surface area contributed by atoms with Gasteiger partial charge in [-0.3, -0.25) is 9.69 Å². The predicted molar refractivity (Wildman–Crippen MR) is 79.3 cm³/mol. The Morgan fingerprint density at radius 2 is 1.68 bits per heavy atom. The highest BCUT2D eigenvalue weighted by Gasteiger charge is 2.44. The number of ketones is 1. The molecule has 0 aliphatic heterocycles. The Hall–Kier alpha value is -1.15. The Morgan fingerprint density at radius 1 is 1.11 bits per heavy atom. The zero-order valence-electron chi connectivity index (χ0n) is 12.2. The average molecular weight is 259 g/mol. The van der Waals surface area contributed by atoms with Crippen LogP contribution in [0.2, 0.25) is 0 Å². The maximum absolute atomic E-state index is 12.9. The number of hydrogen-bond acceptors (Lipinski definition) is 2. The zero-order valence-corrected chi connectivity index (χ0v) is 12.2. The molecule has 0 aromatic heterocycles. The van der Waals surface area contributed by atoms with Crippen LogP contribution in [0.3, 0.4) is 0 Å². The third-order valence-electron chi connectivity index (χ3n) is 4.53. The summed E-state index contributed by atoms with van der Waals surface area (Å²) in [4.78, 5) is 15.2. The van der Waals surface area contributed by atoms with Crippen molar-refractivity contribution in [3.63, 3.8) is 0 Å². The summed E-state index contributed by atoms with van der Waals surface area (Å²) >= 11 is 0. The molecule has 0 heterocycles. The Morgan fingerprint density at radius 3 is 2.21 bits per heavy atom. The van der Waals surface area contributed by atoms with Crippen molar-refractivity contribution >= 4 is 5.78 Å². The first-order chi connectivity index (χ1) is 9.23. The maximum atomic E-state index is 12.9. The summed E-state index contributed by atoms with van der Waals surface area (Å²) in [6, 6.07) is 10.2. The van der Waals surface area contributed by atoms with Gasteiger partial charge in [-0.2, -0.15) is 0 Å². The van der Waals surface area contributed by atoms with Gasteiger partial charge in [0, 0.05) is 6.42 Å². The highest BCUT2D eigenvalue weighted by Crippen LogP contribution is 2.36. The summed E-state index contributed by atoms with van der Waals surface area (Å²) in [7, 11) is 0. The van der Waals surface area contributed by atoms with Gasteiger partial charge in [-0.1, -0.05) is 57.0 Å². The predicted octanol–water partition coefficient (Wildman–Crippen LogP) is 3.45. The van der Waals surface area contributed by atoms with Gasteiger partial charge < -0.3 is 0 Å². The molecule has 1 saturated carbocycles. The monoisotopic (exact) mass is 259 g/mol. The van der Waals surface area contributed by atoms with Crippen LogP contribution in [0.15, 0.2) is 30.3 Å². The summed E-state index contributed by atoms with van der Waals surface area (Å²) in [5.74, 6) is 0.417. The normalized spacial score (nSPS) is 17.8. The first-order valence-corrected chi connectivity index (χ1v) is 7.55. The van der Waals surface area contributed by atoms with Gasteiger partial charge >= 0.3 is 0 Å². The van der Waals surface area contributed by atoms with E-state index in [1.807, 2.05) is 18.2 Å². The number of rotatable bonds is 6. The number of carbonyl (C=O) groups excluding carboxylic acids is 1.